The van der Waals surface area contributed by atoms with Gasteiger partial charge in [-0.1, -0.05) is 30.7 Å². The molecule has 1 N–H and O–H groups in total. The highest BCUT2D eigenvalue weighted by Gasteiger charge is 2.29. The molecule has 0 saturated carbocycles. The molecule has 2 aromatic rings. The van der Waals surface area contributed by atoms with Crippen molar-refractivity contribution in [3.05, 3.63) is 58.6 Å². The monoisotopic (exact) mass is 446 g/mol. The van der Waals surface area contributed by atoms with Gasteiger partial charge in [-0.3, -0.25) is 9.59 Å². The number of hydrogen-bond donors (Lipinski definition) is 1. The second kappa shape index (κ2) is 11.6. The number of carbonyl (C=O) groups is 2. The van der Waals surface area contributed by atoms with E-state index in [9.17, 15) is 9.59 Å². The van der Waals surface area contributed by atoms with Gasteiger partial charge in [0.05, 0.1) is 7.11 Å². The van der Waals surface area contributed by atoms with Crippen LogP contribution < -0.4 is 14.8 Å². The Labute approximate surface area is 189 Å². The largest absolute Gasteiger partial charge is 0.497 e. The minimum atomic E-state index is -0.604. The summed E-state index contributed by atoms with van der Waals surface area (Å²) in [6, 6.07) is 12.0. The summed E-state index contributed by atoms with van der Waals surface area (Å²) in [4.78, 5) is 27.5. The Morgan fingerprint density at radius 1 is 1.10 bits per heavy atom. The molecule has 31 heavy (non-hydrogen) atoms. The van der Waals surface area contributed by atoms with E-state index < -0.39 is 6.04 Å². The predicted octanol–water partition coefficient (Wildman–Crippen LogP) is 4.37. The molecule has 1 atom stereocenters. The molecule has 2 aromatic carbocycles. The maximum atomic E-state index is 13.2. The number of carbonyl (C=O) groups excluding carboxylic acids is 2. The Morgan fingerprint density at radius 3 is 2.29 bits per heavy atom. The molecule has 7 heteroatoms. The van der Waals surface area contributed by atoms with Gasteiger partial charge in [0.25, 0.3) is 5.91 Å². The van der Waals surface area contributed by atoms with Gasteiger partial charge < -0.3 is 19.7 Å². The number of methoxy groups -OCH3 is 1. The Morgan fingerprint density at radius 2 is 1.74 bits per heavy atom. The minimum Gasteiger partial charge on any atom is -0.497 e. The van der Waals surface area contributed by atoms with Gasteiger partial charge in [0.2, 0.25) is 5.91 Å². The molecule has 0 aromatic heterocycles. The zero-order valence-electron chi connectivity index (χ0n) is 18.8. The van der Waals surface area contributed by atoms with Crippen LogP contribution in [0.1, 0.15) is 38.3 Å². The van der Waals surface area contributed by atoms with Gasteiger partial charge in [0.15, 0.2) is 6.61 Å². The van der Waals surface area contributed by atoms with Crippen LogP contribution in [0.5, 0.6) is 11.5 Å². The lowest BCUT2D eigenvalue weighted by Crippen LogP contribution is -2.51. The van der Waals surface area contributed by atoms with Crippen molar-refractivity contribution in [3.8, 4) is 11.5 Å². The molecule has 2 rings (SSSR count). The van der Waals surface area contributed by atoms with E-state index in [1.165, 1.54) is 0 Å². The minimum absolute atomic E-state index is 0.0206. The summed E-state index contributed by atoms with van der Waals surface area (Å²) in [6.07, 6.45) is 0.487. The van der Waals surface area contributed by atoms with Gasteiger partial charge in [0, 0.05) is 17.6 Å². The molecule has 2 amide bonds. The Balaban J connectivity index is 2.21. The van der Waals surface area contributed by atoms with Crippen LogP contribution in [-0.2, 0) is 16.1 Å². The molecule has 6 nitrogen and oxygen atoms in total. The summed E-state index contributed by atoms with van der Waals surface area (Å²) < 4.78 is 10.9. The second-order valence-corrected chi connectivity index (χ2v) is 8.06. The second-order valence-electron chi connectivity index (χ2n) is 7.66. The quantitative estimate of drug-likeness (QED) is 0.588. The van der Waals surface area contributed by atoms with E-state index >= 15 is 0 Å². The molecule has 0 aliphatic heterocycles. The summed E-state index contributed by atoms with van der Waals surface area (Å²) in [5.74, 6) is 0.836. The highest BCUT2D eigenvalue weighted by molar-refractivity contribution is 6.31. The number of benzene rings is 2. The molecule has 0 aliphatic carbocycles. The number of nitrogens with zero attached hydrogens (tertiary/aromatic N) is 1. The Hall–Kier alpha value is -2.73. The molecule has 0 unspecified atom stereocenters. The Bertz CT molecular complexity index is 884. The van der Waals surface area contributed by atoms with Gasteiger partial charge in [-0.25, -0.2) is 0 Å². The summed E-state index contributed by atoms with van der Waals surface area (Å²) in [5.41, 5.74) is 1.76. The number of nitrogens with one attached hydrogen (secondary N) is 1. The van der Waals surface area contributed by atoms with Crippen LogP contribution in [0.15, 0.2) is 42.5 Å². The fourth-order valence-electron chi connectivity index (χ4n) is 3.16. The van der Waals surface area contributed by atoms with Crippen LogP contribution >= 0.6 is 11.6 Å². The number of rotatable bonds is 10. The topological polar surface area (TPSA) is 67.9 Å². The molecule has 0 bridgehead atoms. The lowest BCUT2D eigenvalue weighted by Gasteiger charge is -2.31. The maximum absolute atomic E-state index is 13.2. The third-order valence-electron chi connectivity index (χ3n) is 4.82. The number of ether oxygens (including phenoxy) is 2. The fraction of sp³-hybridized carbons (Fsp3) is 0.417. The standard InChI is InChI=1S/C24H31ClN2O4/c1-6-22(24(29)26-16(2)3)27(14-18-7-9-19(30-5)10-8-18)23(28)15-31-20-11-12-21(25)17(4)13-20/h7-13,16,22H,6,14-15H2,1-5H3,(H,26,29)/t22-/m0/s1. The van der Waals surface area contributed by atoms with E-state index in [1.807, 2.05) is 52.0 Å². The number of hydrogen-bond acceptors (Lipinski definition) is 4. The van der Waals surface area contributed by atoms with Crippen molar-refractivity contribution in [1.29, 1.82) is 0 Å². The van der Waals surface area contributed by atoms with Gasteiger partial charge in [-0.2, -0.15) is 0 Å². The fourth-order valence-corrected chi connectivity index (χ4v) is 3.28. The van der Waals surface area contributed by atoms with Crippen molar-refractivity contribution in [2.45, 2.75) is 52.7 Å². The van der Waals surface area contributed by atoms with E-state index in [0.717, 1.165) is 16.9 Å². The number of halogens is 1. The van der Waals surface area contributed by atoms with E-state index in [0.29, 0.717) is 17.2 Å². The van der Waals surface area contributed by atoms with E-state index in [2.05, 4.69) is 5.32 Å². The van der Waals surface area contributed by atoms with Crippen LogP contribution in [0.25, 0.3) is 0 Å². The average molecular weight is 447 g/mol. The first kappa shape index (κ1) is 24.5. The van der Waals surface area contributed by atoms with Crippen molar-refractivity contribution in [3.63, 3.8) is 0 Å². The zero-order chi connectivity index (χ0) is 23.0. The van der Waals surface area contributed by atoms with Gasteiger partial charge >= 0.3 is 0 Å². The lowest BCUT2D eigenvalue weighted by molar-refractivity contribution is -0.143. The Kier molecular flexibility index (Phi) is 9.19. The van der Waals surface area contributed by atoms with Crippen LogP contribution in [0.4, 0.5) is 0 Å². The lowest BCUT2D eigenvalue weighted by atomic mass is 10.1. The highest BCUT2D eigenvalue weighted by Crippen LogP contribution is 2.22. The molecule has 0 saturated heterocycles. The first-order chi connectivity index (χ1) is 14.7. The van der Waals surface area contributed by atoms with Crippen molar-refractivity contribution < 1.29 is 19.1 Å². The summed E-state index contributed by atoms with van der Waals surface area (Å²) in [6.45, 7) is 7.66. The van der Waals surface area contributed by atoms with Crippen LogP contribution in [0.2, 0.25) is 5.02 Å². The molecule has 0 fully saturated rings. The third-order valence-corrected chi connectivity index (χ3v) is 5.24. The maximum Gasteiger partial charge on any atom is 0.261 e. The third kappa shape index (κ3) is 7.17. The van der Waals surface area contributed by atoms with E-state index in [-0.39, 0.29) is 31.0 Å². The SMILES string of the molecule is CC[C@@H](C(=O)NC(C)C)N(Cc1ccc(OC)cc1)C(=O)COc1ccc(Cl)c(C)c1. The molecular weight excluding hydrogens is 416 g/mol. The van der Waals surface area contributed by atoms with E-state index in [1.54, 1.807) is 30.2 Å². The predicted molar refractivity (Wildman–Crippen MR) is 123 cm³/mol. The van der Waals surface area contributed by atoms with Crippen LogP contribution in [-0.4, -0.2) is 42.5 Å². The normalized spacial score (nSPS) is 11.7. The van der Waals surface area contributed by atoms with Gasteiger partial charge in [0.1, 0.15) is 17.5 Å². The van der Waals surface area contributed by atoms with Gasteiger partial charge in [-0.05, 0) is 68.7 Å². The summed E-state index contributed by atoms with van der Waals surface area (Å²) in [5, 5.41) is 3.55. The van der Waals surface area contributed by atoms with Crippen molar-refractivity contribution in [1.82, 2.24) is 10.2 Å². The van der Waals surface area contributed by atoms with Crippen molar-refractivity contribution >= 4 is 23.4 Å². The van der Waals surface area contributed by atoms with Gasteiger partial charge in [-0.15, -0.1) is 0 Å². The highest BCUT2D eigenvalue weighted by atomic mass is 35.5. The molecule has 0 radical (unpaired) electrons. The molecule has 168 valence electrons. The smallest absolute Gasteiger partial charge is 0.261 e. The van der Waals surface area contributed by atoms with Crippen LogP contribution in [0, 0.1) is 6.92 Å². The first-order valence-electron chi connectivity index (χ1n) is 10.4. The summed E-state index contributed by atoms with van der Waals surface area (Å²) in [7, 11) is 1.60. The molecule has 0 spiro atoms. The van der Waals surface area contributed by atoms with Crippen LogP contribution in [0.3, 0.4) is 0 Å². The number of amides is 2. The molecule has 0 aliphatic rings. The van der Waals surface area contributed by atoms with E-state index in [4.69, 9.17) is 21.1 Å². The summed E-state index contributed by atoms with van der Waals surface area (Å²) >= 11 is 6.06. The number of aryl methyl sites for hydroxylation is 1. The van der Waals surface area contributed by atoms with Crippen molar-refractivity contribution in [2.75, 3.05) is 13.7 Å². The zero-order valence-corrected chi connectivity index (χ0v) is 19.5. The molecular formula is C24H31ClN2O4. The van der Waals surface area contributed by atoms with Crippen molar-refractivity contribution in [2.24, 2.45) is 0 Å². The average Bonchev–Trinajstić information content (AvgIpc) is 2.74. The molecule has 0 heterocycles. The first-order valence-corrected chi connectivity index (χ1v) is 10.7.